The lowest BCUT2D eigenvalue weighted by molar-refractivity contribution is -0.115. The van der Waals surface area contributed by atoms with Crippen LogP contribution >= 0.6 is 11.8 Å². The van der Waals surface area contributed by atoms with Crippen LogP contribution in [0.1, 0.15) is 51.6 Å². The maximum Gasteiger partial charge on any atom is 0.248 e. The number of amides is 1. The van der Waals surface area contributed by atoms with Crippen LogP contribution in [0.4, 0.5) is 5.95 Å². The van der Waals surface area contributed by atoms with Crippen molar-refractivity contribution >= 4 is 23.6 Å². The number of carbonyl (C=O) groups excluding carboxylic acids is 1. The molecule has 0 bridgehead atoms. The lowest BCUT2D eigenvalue weighted by atomic mass is 9.94. The summed E-state index contributed by atoms with van der Waals surface area (Å²) >= 11 is 1.62. The summed E-state index contributed by atoms with van der Waals surface area (Å²) in [6.07, 6.45) is 3.11. The summed E-state index contributed by atoms with van der Waals surface area (Å²) in [6, 6.07) is 7.23. The fraction of sp³-hybridized carbons (Fsp3) is 0.450. The molecule has 1 aliphatic heterocycles. The molecular weight excluding hydrogens is 374 g/mol. The quantitative estimate of drug-likeness (QED) is 0.491. The van der Waals surface area contributed by atoms with Gasteiger partial charge in [0.25, 0.3) is 0 Å². The highest BCUT2D eigenvalue weighted by atomic mass is 32.2. The predicted octanol–water partition coefficient (Wildman–Crippen LogP) is 3.73. The lowest BCUT2D eigenvalue weighted by Crippen LogP contribution is -2.32. The van der Waals surface area contributed by atoms with E-state index in [9.17, 15) is 4.79 Å². The summed E-state index contributed by atoms with van der Waals surface area (Å²) in [4.78, 5) is 16.9. The van der Waals surface area contributed by atoms with E-state index < -0.39 is 11.9 Å². The minimum Gasteiger partial charge on any atom is -0.493 e. The van der Waals surface area contributed by atoms with Gasteiger partial charge in [0.1, 0.15) is 11.8 Å². The second-order valence-electron chi connectivity index (χ2n) is 6.68. The van der Waals surface area contributed by atoms with Crippen LogP contribution in [0.15, 0.2) is 40.7 Å². The molecule has 1 unspecified atom stereocenters. The van der Waals surface area contributed by atoms with Gasteiger partial charge < -0.3 is 15.8 Å². The number of thioether (sulfide) groups is 1. The number of hydrogen-bond donors (Lipinski definition) is 2. The van der Waals surface area contributed by atoms with Crippen molar-refractivity contribution in [3.8, 4) is 5.75 Å². The Labute approximate surface area is 169 Å². The number of carbonyl (C=O) groups is 1. The molecule has 3 N–H and O–H groups in total. The smallest absolute Gasteiger partial charge is 0.248 e. The summed E-state index contributed by atoms with van der Waals surface area (Å²) in [6.45, 7) is 6.65. The molecule has 0 saturated heterocycles. The Morgan fingerprint density at radius 3 is 2.82 bits per heavy atom. The molecule has 2 heterocycles. The average Bonchev–Trinajstić information content (AvgIpc) is 3.07. The van der Waals surface area contributed by atoms with E-state index in [1.807, 2.05) is 31.2 Å². The summed E-state index contributed by atoms with van der Waals surface area (Å²) < 4.78 is 7.69. The Morgan fingerprint density at radius 1 is 1.32 bits per heavy atom. The first kappa shape index (κ1) is 20.3. The molecule has 3 rings (SSSR count). The molecule has 150 valence electrons. The Balaban J connectivity index is 2.06. The molecule has 0 spiro atoms. The van der Waals surface area contributed by atoms with Gasteiger partial charge >= 0.3 is 0 Å². The van der Waals surface area contributed by atoms with Crippen LogP contribution in [0.25, 0.3) is 0 Å². The van der Waals surface area contributed by atoms with Crippen LogP contribution in [0.2, 0.25) is 0 Å². The second kappa shape index (κ2) is 9.14. The number of rotatable bonds is 9. The number of allylic oxidation sites excluding steroid dienone is 1. The van der Waals surface area contributed by atoms with E-state index in [1.165, 1.54) is 0 Å². The third-order valence-corrected chi connectivity index (χ3v) is 5.43. The molecule has 28 heavy (non-hydrogen) atoms. The zero-order valence-electron chi connectivity index (χ0n) is 16.6. The summed E-state index contributed by atoms with van der Waals surface area (Å²) in [7, 11) is 0. The number of benzene rings is 1. The number of nitrogens with two attached hydrogens (primary N) is 1. The number of anilines is 1. The molecule has 0 fully saturated rings. The normalized spacial score (nSPS) is 15.9. The fourth-order valence-electron chi connectivity index (χ4n) is 3.16. The van der Waals surface area contributed by atoms with Gasteiger partial charge in [-0.15, -0.1) is 5.10 Å². The molecular formula is C20H27N5O2S. The molecule has 8 heteroatoms. The van der Waals surface area contributed by atoms with Gasteiger partial charge in [-0.1, -0.05) is 50.2 Å². The van der Waals surface area contributed by atoms with Gasteiger partial charge in [0.15, 0.2) is 0 Å². The maximum absolute atomic E-state index is 12.3. The zero-order chi connectivity index (χ0) is 20.1. The molecule has 0 aliphatic carbocycles. The van der Waals surface area contributed by atoms with Gasteiger partial charge in [-0.05, 0) is 25.8 Å². The maximum atomic E-state index is 12.3. The minimum absolute atomic E-state index is 0.468. The number of fused-ring (bicyclic) bond motifs is 1. The third kappa shape index (κ3) is 4.16. The first-order valence-electron chi connectivity index (χ1n) is 9.65. The van der Waals surface area contributed by atoms with Crippen LogP contribution in [0.5, 0.6) is 5.75 Å². The highest BCUT2D eigenvalue weighted by Gasteiger charge is 2.34. The Kier molecular flexibility index (Phi) is 6.61. The van der Waals surface area contributed by atoms with E-state index in [2.05, 4.69) is 29.2 Å². The van der Waals surface area contributed by atoms with Crippen LogP contribution in [-0.4, -0.2) is 33.0 Å². The number of para-hydroxylation sites is 1. The second-order valence-corrected chi connectivity index (χ2v) is 7.74. The first-order valence-corrected chi connectivity index (χ1v) is 10.6. The van der Waals surface area contributed by atoms with Gasteiger partial charge in [-0.3, -0.25) is 4.79 Å². The van der Waals surface area contributed by atoms with Crippen molar-refractivity contribution in [3.63, 3.8) is 0 Å². The number of nitrogens with zero attached hydrogens (tertiary/aromatic N) is 3. The highest BCUT2D eigenvalue weighted by Crippen LogP contribution is 2.39. The molecule has 2 aromatic rings. The Hall–Kier alpha value is -2.48. The van der Waals surface area contributed by atoms with E-state index in [0.717, 1.165) is 36.3 Å². The van der Waals surface area contributed by atoms with Gasteiger partial charge in [-0.25, -0.2) is 4.68 Å². The van der Waals surface area contributed by atoms with Gasteiger partial charge in [-0.2, -0.15) is 4.98 Å². The van der Waals surface area contributed by atoms with Crippen molar-refractivity contribution in [1.82, 2.24) is 14.8 Å². The molecule has 0 radical (unpaired) electrons. The van der Waals surface area contributed by atoms with Gasteiger partial charge in [0.05, 0.1) is 12.2 Å². The van der Waals surface area contributed by atoms with Crippen LogP contribution in [0.3, 0.4) is 0 Å². The number of unbranched alkanes of at least 4 members (excludes halogenated alkanes) is 1. The number of primary amides is 1. The molecule has 1 atom stereocenters. The average molecular weight is 402 g/mol. The number of aromatic nitrogens is 3. The Bertz CT molecular complexity index is 877. The van der Waals surface area contributed by atoms with Gasteiger partial charge in [0.2, 0.25) is 17.0 Å². The molecule has 0 saturated carbocycles. The summed E-state index contributed by atoms with van der Waals surface area (Å²) in [5.74, 6) is 1.80. The molecule has 1 aliphatic rings. The largest absolute Gasteiger partial charge is 0.493 e. The zero-order valence-corrected chi connectivity index (χ0v) is 17.4. The minimum atomic E-state index is -0.485. The Morgan fingerprint density at radius 2 is 2.11 bits per heavy atom. The van der Waals surface area contributed by atoms with E-state index in [-0.39, 0.29) is 0 Å². The van der Waals surface area contributed by atoms with E-state index in [1.54, 1.807) is 16.4 Å². The standard InChI is InChI=1S/C20H27N5O2S/c1-4-6-12-28-20-23-19-22-13(3)16(18(21)26)17(25(19)24-20)14-9-7-8-10-15(14)27-11-5-2/h7-10,17H,4-6,11-12H2,1-3H3,(H2,21,26)(H,22,23,24). The van der Waals surface area contributed by atoms with E-state index >= 15 is 0 Å². The third-order valence-electron chi connectivity index (χ3n) is 4.50. The molecule has 1 amide bonds. The lowest BCUT2D eigenvalue weighted by Gasteiger charge is -2.28. The number of ether oxygens (including phenoxy) is 1. The topological polar surface area (TPSA) is 95.1 Å². The van der Waals surface area contributed by atoms with Gasteiger partial charge in [0, 0.05) is 17.0 Å². The van der Waals surface area contributed by atoms with Crippen molar-refractivity contribution in [2.75, 3.05) is 17.7 Å². The summed E-state index contributed by atoms with van der Waals surface area (Å²) in [5, 5.41) is 8.54. The van der Waals surface area contributed by atoms with E-state index in [4.69, 9.17) is 10.5 Å². The number of nitrogens with one attached hydrogen (secondary N) is 1. The van der Waals surface area contributed by atoms with Crippen LogP contribution < -0.4 is 15.8 Å². The first-order chi connectivity index (χ1) is 13.6. The predicted molar refractivity (Wildman–Crippen MR) is 112 cm³/mol. The fourth-order valence-corrected chi connectivity index (χ4v) is 4.07. The summed E-state index contributed by atoms with van der Waals surface area (Å²) in [5.41, 5.74) is 7.76. The number of hydrogen-bond acceptors (Lipinski definition) is 6. The van der Waals surface area contributed by atoms with Crippen molar-refractivity contribution in [3.05, 3.63) is 41.1 Å². The van der Waals surface area contributed by atoms with E-state index in [0.29, 0.717) is 29.0 Å². The van der Waals surface area contributed by atoms with Crippen molar-refractivity contribution in [2.24, 2.45) is 5.73 Å². The monoisotopic (exact) mass is 401 g/mol. The van der Waals surface area contributed by atoms with Crippen LogP contribution in [-0.2, 0) is 4.79 Å². The van der Waals surface area contributed by atoms with Crippen molar-refractivity contribution in [2.45, 2.75) is 51.2 Å². The molecule has 1 aromatic carbocycles. The van der Waals surface area contributed by atoms with Crippen LogP contribution in [0, 0.1) is 0 Å². The highest BCUT2D eigenvalue weighted by molar-refractivity contribution is 7.99. The van der Waals surface area contributed by atoms with Crippen molar-refractivity contribution in [1.29, 1.82) is 0 Å². The molecule has 1 aromatic heterocycles. The SMILES string of the molecule is CCCCSc1nc2n(n1)C(c1ccccc1OCCC)C(C(N)=O)=C(C)N2. The van der Waals surface area contributed by atoms with Crippen molar-refractivity contribution < 1.29 is 9.53 Å². The molecule has 7 nitrogen and oxygen atoms in total.